The lowest BCUT2D eigenvalue weighted by atomic mass is 10.0. The molecule has 3 aromatic rings. The van der Waals surface area contributed by atoms with Crippen molar-refractivity contribution < 1.29 is 13.2 Å². The Kier molecular flexibility index (Phi) is 6.23. The first-order valence-corrected chi connectivity index (χ1v) is 10.9. The number of hydrogen-bond acceptors (Lipinski definition) is 5. The number of anilines is 1. The lowest BCUT2D eigenvalue weighted by Crippen LogP contribution is -2.21. The van der Waals surface area contributed by atoms with E-state index in [1.165, 1.54) is 18.2 Å². The van der Waals surface area contributed by atoms with E-state index in [4.69, 9.17) is 0 Å². The molecule has 0 fully saturated rings. The van der Waals surface area contributed by atoms with Crippen molar-refractivity contribution in [1.82, 2.24) is 5.43 Å². The van der Waals surface area contributed by atoms with E-state index in [0.29, 0.717) is 0 Å². The highest BCUT2D eigenvalue weighted by molar-refractivity contribution is 7.94. The lowest BCUT2D eigenvalue weighted by Gasteiger charge is -2.11. The highest BCUT2D eigenvalue weighted by atomic mass is 32.2. The highest BCUT2D eigenvalue weighted by Gasteiger charge is 2.19. The molecule has 1 unspecified atom stereocenters. The van der Waals surface area contributed by atoms with Crippen LogP contribution in [0.15, 0.2) is 81.4 Å². The number of hydrogen-bond donors (Lipinski definition) is 2. The van der Waals surface area contributed by atoms with Gasteiger partial charge in [-0.15, -0.1) is 11.3 Å². The van der Waals surface area contributed by atoms with E-state index in [9.17, 15) is 13.2 Å². The molecular weight excluding hydrogens is 394 g/mol. The van der Waals surface area contributed by atoms with Crippen LogP contribution in [0.25, 0.3) is 0 Å². The molecular formula is C20H19N3O3S2. The topological polar surface area (TPSA) is 87.6 Å². The van der Waals surface area contributed by atoms with Crippen LogP contribution in [-0.4, -0.2) is 20.5 Å². The Balaban J connectivity index is 1.72. The van der Waals surface area contributed by atoms with Crippen molar-refractivity contribution in [3.05, 3.63) is 83.2 Å². The number of carbonyl (C=O) groups is 1. The number of benzene rings is 2. The summed E-state index contributed by atoms with van der Waals surface area (Å²) < 4.78 is 27.5. The molecule has 0 aliphatic rings. The predicted molar refractivity (Wildman–Crippen MR) is 112 cm³/mol. The number of thiophene rings is 1. The fourth-order valence-electron chi connectivity index (χ4n) is 2.49. The molecule has 0 bridgehead atoms. The van der Waals surface area contributed by atoms with Crippen molar-refractivity contribution in [2.24, 2.45) is 5.10 Å². The number of hydrazone groups is 1. The summed E-state index contributed by atoms with van der Waals surface area (Å²) >= 11 is 1.10. The third-order valence-corrected chi connectivity index (χ3v) is 6.73. The number of nitrogens with zero attached hydrogens (tertiary/aromatic N) is 1. The molecule has 0 spiro atoms. The van der Waals surface area contributed by atoms with E-state index < -0.39 is 15.9 Å². The minimum atomic E-state index is -3.75. The van der Waals surface area contributed by atoms with Crippen LogP contribution in [-0.2, 0) is 10.0 Å². The van der Waals surface area contributed by atoms with Crippen LogP contribution in [0.5, 0.6) is 0 Å². The van der Waals surface area contributed by atoms with E-state index in [2.05, 4.69) is 15.2 Å². The van der Waals surface area contributed by atoms with Crippen molar-refractivity contribution in [3.8, 4) is 0 Å². The summed E-state index contributed by atoms with van der Waals surface area (Å²) in [5.41, 5.74) is 3.91. The molecule has 28 heavy (non-hydrogen) atoms. The normalized spacial score (nSPS) is 12.6. The minimum absolute atomic E-state index is 0.0223. The summed E-state index contributed by atoms with van der Waals surface area (Å²) in [5.74, 6) is -0.477. The maximum Gasteiger partial charge on any atom is 0.273 e. The Hall–Kier alpha value is -2.97. The number of para-hydroxylation sites is 1. The van der Waals surface area contributed by atoms with Crippen molar-refractivity contribution in [2.45, 2.75) is 17.1 Å². The lowest BCUT2D eigenvalue weighted by molar-refractivity contribution is 0.0956. The number of sulfonamides is 1. The van der Waals surface area contributed by atoms with Gasteiger partial charge in [-0.1, -0.05) is 55.5 Å². The van der Waals surface area contributed by atoms with Crippen molar-refractivity contribution >= 4 is 39.2 Å². The van der Waals surface area contributed by atoms with Crippen LogP contribution in [0.1, 0.15) is 28.8 Å². The number of nitrogens with one attached hydrogen (secondary N) is 2. The van der Waals surface area contributed by atoms with Gasteiger partial charge in [0.2, 0.25) is 0 Å². The van der Waals surface area contributed by atoms with Crippen LogP contribution in [0, 0.1) is 0 Å². The second kappa shape index (κ2) is 8.81. The average molecular weight is 414 g/mol. The summed E-state index contributed by atoms with van der Waals surface area (Å²) in [6, 6.07) is 19.3. The molecule has 2 aromatic carbocycles. The molecule has 144 valence electrons. The Morgan fingerprint density at radius 2 is 1.75 bits per heavy atom. The molecule has 0 saturated carbocycles. The van der Waals surface area contributed by atoms with Crippen molar-refractivity contribution in [1.29, 1.82) is 0 Å². The Morgan fingerprint density at radius 1 is 1.04 bits per heavy atom. The molecule has 6 nitrogen and oxygen atoms in total. The fraction of sp³-hybridized carbons (Fsp3) is 0.100. The smallest absolute Gasteiger partial charge is 0.273 e. The maximum absolute atomic E-state index is 12.5. The molecule has 1 atom stereocenters. The number of carbonyl (C=O) groups excluding carboxylic acids is 1. The summed E-state index contributed by atoms with van der Waals surface area (Å²) in [6.07, 6.45) is 1.63. The summed E-state index contributed by atoms with van der Waals surface area (Å²) in [7, 11) is -3.75. The van der Waals surface area contributed by atoms with Gasteiger partial charge < -0.3 is 0 Å². The summed E-state index contributed by atoms with van der Waals surface area (Å²) in [4.78, 5) is 12.5. The summed E-state index contributed by atoms with van der Waals surface area (Å²) in [5, 5.41) is 5.69. The van der Waals surface area contributed by atoms with Gasteiger partial charge in [0.25, 0.3) is 15.9 Å². The standard InChI is InChI=1S/C20H19N3O3S2/c1-15(16-8-3-2-4-9-16)14-21-22-20(24)17-10-5-6-11-18(17)23-28(25,26)19-12-7-13-27-19/h2-15,23H,1H3,(H,22,24)/b21-14+. The van der Waals surface area contributed by atoms with Gasteiger partial charge in [0.05, 0.1) is 11.3 Å². The van der Waals surface area contributed by atoms with Crippen molar-refractivity contribution in [3.63, 3.8) is 0 Å². The van der Waals surface area contributed by atoms with Gasteiger partial charge in [-0.2, -0.15) is 5.10 Å². The number of amides is 1. The first-order chi connectivity index (χ1) is 13.5. The fourth-order valence-corrected chi connectivity index (χ4v) is 4.56. The van der Waals surface area contributed by atoms with Crippen LogP contribution in [0.2, 0.25) is 0 Å². The molecule has 1 aromatic heterocycles. The molecule has 8 heteroatoms. The Bertz CT molecular complexity index is 1060. The van der Waals surface area contributed by atoms with E-state index >= 15 is 0 Å². The predicted octanol–water partition coefficient (Wildman–Crippen LogP) is 4.07. The zero-order chi connectivity index (χ0) is 20.0. The van der Waals surface area contributed by atoms with Gasteiger partial charge in [0.1, 0.15) is 4.21 Å². The minimum Gasteiger partial charge on any atom is -0.278 e. The van der Waals surface area contributed by atoms with E-state index in [1.54, 1.807) is 29.8 Å². The Labute approximate surface area is 168 Å². The van der Waals surface area contributed by atoms with E-state index in [1.807, 2.05) is 37.3 Å². The Morgan fingerprint density at radius 3 is 2.46 bits per heavy atom. The molecule has 1 amide bonds. The quantitative estimate of drug-likeness (QED) is 0.452. The third-order valence-electron chi connectivity index (χ3n) is 3.97. The SMILES string of the molecule is CC(/C=N/NC(=O)c1ccccc1NS(=O)(=O)c1cccs1)c1ccccc1. The number of rotatable bonds is 7. The zero-order valence-corrected chi connectivity index (χ0v) is 16.7. The van der Waals surface area contributed by atoms with Gasteiger partial charge in [-0.3, -0.25) is 9.52 Å². The van der Waals surface area contributed by atoms with Gasteiger partial charge in [-0.25, -0.2) is 13.8 Å². The van der Waals surface area contributed by atoms with Crippen LogP contribution in [0.4, 0.5) is 5.69 Å². The van der Waals surface area contributed by atoms with Crippen LogP contribution < -0.4 is 10.1 Å². The second-order valence-electron chi connectivity index (χ2n) is 6.00. The largest absolute Gasteiger partial charge is 0.278 e. The zero-order valence-electron chi connectivity index (χ0n) is 15.1. The molecule has 0 saturated heterocycles. The molecule has 2 N–H and O–H groups in total. The first kappa shape index (κ1) is 19.8. The molecule has 0 aliphatic carbocycles. The van der Waals surface area contributed by atoms with Gasteiger partial charge in [-0.05, 0) is 29.1 Å². The molecule has 0 aliphatic heterocycles. The molecule has 3 rings (SSSR count). The molecule has 1 heterocycles. The van der Waals surface area contributed by atoms with Gasteiger partial charge in [0.15, 0.2) is 0 Å². The van der Waals surface area contributed by atoms with E-state index in [-0.39, 0.29) is 21.4 Å². The third kappa shape index (κ3) is 4.85. The monoisotopic (exact) mass is 413 g/mol. The van der Waals surface area contributed by atoms with Gasteiger partial charge >= 0.3 is 0 Å². The second-order valence-corrected chi connectivity index (χ2v) is 8.86. The average Bonchev–Trinajstić information content (AvgIpc) is 3.24. The first-order valence-electron chi connectivity index (χ1n) is 8.51. The molecule has 0 radical (unpaired) electrons. The van der Waals surface area contributed by atoms with E-state index in [0.717, 1.165) is 16.9 Å². The maximum atomic E-state index is 12.5. The highest BCUT2D eigenvalue weighted by Crippen LogP contribution is 2.22. The van der Waals surface area contributed by atoms with Crippen LogP contribution in [0.3, 0.4) is 0 Å². The summed E-state index contributed by atoms with van der Waals surface area (Å²) in [6.45, 7) is 1.97. The van der Waals surface area contributed by atoms with Gasteiger partial charge in [0, 0.05) is 12.1 Å². The van der Waals surface area contributed by atoms with Crippen molar-refractivity contribution in [2.75, 3.05) is 4.72 Å². The van der Waals surface area contributed by atoms with Crippen LogP contribution >= 0.6 is 11.3 Å².